The number of hydrogen-bond acceptors (Lipinski definition) is 5. The Morgan fingerprint density at radius 1 is 1.25 bits per heavy atom. The van der Waals surface area contributed by atoms with Crippen LogP contribution in [0.15, 0.2) is 24.3 Å². The normalized spacial score (nSPS) is 10.4. The van der Waals surface area contributed by atoms with Crippen molar-refractivity contribution in [1.82, 2.24) is 15.3 Å². The van der Waals surface area contributed by atoms with Crippen LogP contribution in [0.5, 0.6) is 5.75 Å². The highest BCUT2D eigenvalue weighted by Gasteiger charge is 2.08. The number of halogens is 2. The van der Waals surface area contributed by atoms with Crippen LogP contribution in [0.25, 0.3) is 0 Å². The summed E-state index contributed by atoms with van der Waals surface area (Å²) in [5, 5.41) is 3.62. The van der Waals surface area contributed by atoms with Gasteiger partial charge in [-0.3, -0.25) is 4.79 Å². The number of carbonyl (C=O) groups excluding carboxylic acids is 1. The van der Waals surface area contributed by atoms with E-state index in [0.717, 1.165) is 11.4 Å². The van der Waals surface area contributed by atoms with Gasteiger partial charge in [0, 0.05) is 24.8 Å². The molecule has 1 N–H and O–H groups in total. The summed E-state index contributed by atoms with van der Waals surface area (Å²) in [5.41, 5.74) is 1.56. The molecule has 0 aliphatic heterocycles. The lowest BCUT2D eigenvalue weighted by Crippen LogP contribution is -2.29. The lowest BCUT2D eigenvalue weighted by Gasteiger charge is -2.13. The summed E-state index contributed by atoms with van der Waals surface area (Å²) in [6.45, 7) is 2.03. The molecule has 0 aliphatic carbocycles. The first kappa shape index (κ1) is 18.3. The van der Waals surface area contributed by atoms with Crippen LogP contribution in [0.2, 0.25) is 10.0 Å². The highest BCUT2D eigenvalue weighted by Crippen LogP contribution is 2.27. The van der Waals surface area contributed by atoms with Crippen molar-refractivity contribution in [3.8, 4) is 5.75 Å². The second-order valence-electron chi connectivity index (χ2n) is 5.34. The summed E-state index contributed by atoms with van der Waals surface area (Å²) < 4.78 is 5.38. The predicted molar refractivity (Wildman–Crippen MR) is 94.9 cm³/mol. The van der Waals surface area contributed by atoms with Gasteiger partial charge < -0.3 is 15.0 Å². The highest BCUT2D eigenvalue weighted by molar-refractivity contribution is 6.35. The quantitative estimate of drug-likeness (QED) is 0.848. The van der Waals surface area contributed by atoms with Gasteiger partial charge in [0.2, 0.25) is 5.95 Å². The van der Waals surface area contributed by atoms with Crippen molar-refractivity contribution in [3.05, 3.63) is 45.7 Å². The van der Waals surface area contributed by atoms with Gasteiger partial charge in [0.05, 0.1) is 17.3 Å². The fourth-order valence-corrected chi connectivity index (χ4v) is 2.35. The molecule has 2 aromatic rings. The number of anilines is 1. The second kappa shape index (κ2) is 8.17. The Kier molecular flexibility index (Phi) is 6.23. The number of rotatable bonds is 6. The molecule has 0 radical (unpaired) electrons. The third-order valence-corrected chi connectivity index (χ3v) is 3.55. The topological polar surface area (TPSA) is 67.3 Å². The first-order valence-electron chi connectivity index (χ1n) is 7.21. The zero-order valence-electron chi connectivity index (χ0n) is 13.6. The van der Waals surface area contributed by atoms with Crippen LogP contribution in [-0.4, -0.2) is 36.6 Å². The van der Waals surface area contributed by atoms with Crippen LogP contribution < -0.4 is 15.0 Å². The van der Waals surface area contributed by atoms with E-state index >= 15 is 0 Å². The smallest absolute Gasteiger partial charge is 0.258 e. The minimum Gasteiger partial charge on any atom is -0.482 e. The molecular formula is C16H18Cl2N4O2. The van der Waals surface area contributed by atoms with Crippen LogP contribution in [0.4, 0.5) is 5.95 Å². The van der Waals surface area contributed by atoms with Gasteiger partial charge in [0.15, 0.2) is 6.61 Å². The molecule has 0 saturated carbocycles. The number of aryl methyl sites for hydroxylation is 1. The maximum absolute atomic E-state index is 11.9. The minimum absolute atomic E-state index is 0.147. The van der Waals surface area contributed by atoms with Crippen LogP contribution in [-0.2, 0) is 11.3 Å². The maximum Gasteiger partial charge on any atom is 0.258 e. The molecule has 6 nitrogen and oxygen atoms in total. The number of nitrogens with one attached hydrogen (secondary N) is 1. The first-order valence-corrected chi connectivity index (χ1v) is 7.97. The Bertz CT molecular complexity index is 738. The fourth-order valence-electron chi connectivity index (χ4n) is 1.88. The van der Waals surface area contributed by atoms with E-state index in [4.69, 9.17) is 27.9 Å². The molecule has 0 aliphatic rings. The first-order chi connectivity index (χ1) is 11.3. The van der Waals surface area contributed by atoms with Crippen molar-refractivity contribution < 1.29 is 9.53 Å². The minimum atomic E-state index is -0.274. The van der Waals surface area contributed by atoms with Crippen LogP contribution in [0.1, 0.15) is 11.4 Å². The van der Waals surface area contributed by atoms with Gasteiger partial charge >= 0.3 is 0 Å². The molecule has 0 bridgehead atoms. The lowest BCUT2D eigenvalue weighted by atomic mass is 10.3. The Hall–Kier alpha value is -2.05. The zero-order valence-corrected chi connectivity index (χ0v) is 15.1. The highest BCUT2D eigenvalue weighted by atomic mass is 35.5. The number of carbonyl (C=O) groups is 1. The fraction of sp³-hybridized carbons (Fsp3) is 0.312. The summed E-state index contributed by atoms with van der Waals surface area (Å²) in [7, 11) is 3.72. The van der Waals surface area contributed by atoms with E-state index in [-0.39, 0.29) is 12.5 Å². The van der Waals surface area contributed by atoms with Crippen molar-refractivity contribution >= 4 is 35.1 Å². The van der Waals surface area contributed by atoms with Gasteiger partial charge in [-0.05, 0) is 31.2 Å². The summed E-state index contributed by atoms with van der Waals surface area (Å²) in [6.07, 6.45) is 0. The van der Waals surface area contributed by atoms with E-state index in [1.807, 2.05) is 32.0 Å². The maximum atomic E-state index is 11.9. The van der Waals surface area contributed by atoms with Gasteiger partial charge in [-0.15, -0.1) is 0 Å². The molecular weight excluding hydrogens is 351 g/mol. The van der Waals surface area contributed by atoms with Gasteiger partial charge in [-0.2, -0.15) is 0 Å². The van der Waals surface area contributed by atoms with Crippen molar-refractivity contribution in [3.63, 3.8) is 0 Å². The molecule has 1 aromatic heterocycles. The van der Waals surface area contributed by atoms with Gasteiger partial charge in [-0.25, -0.2) is 9.97 Å². The number of hydrogen-bond donors (Lipinski definition) is 1. The second-order valence-corrected chi connectivity index (χ2v) is 6.18. The molecule has 8 heteroatoms. The molecule has 0 saturated heterocycles. The Balaban J connectivity index is 1.89. The third kappa shape index (κ3) is 5.25. The van der Waals surface area contributed by atoms with E-state index < -0.39 is 0 Å². The van der Waals surface area contributed by atoms with Crippen LogP contribution in [0, 0.1) is 6.92 Å². The largest absolute Gasteiger partial charge is 0.482 e. The van der Waals surface area contributed by atoms with Crippen molar-refractivity contribution in [2.24, 2.45) is 0 Å². The molecule has 24 heavy (non-hydrogen) atoms. The predicted octanol–water partition coefficient (Wildman–Crippen LogP) is 2.85. The van der Waals surface area contributed by atoms with E-state index in [0.29, 0.717) is 28.3 Å². The SMILES string of the molecule is Cc1cc(CNC(=O)COc2ccc(Cl)cc2Cl)nc(N(C)C)n1. The number of ether oxygens (including phenoxy) is 1. The summed E-state index contributed by atoms with van der Waals surface area (Å²) in [4.78, 5) is 22.4. The number of nitrogens with zero attached hydrogens (tertiary/aromatic N) is 3. The molecule has 0 atom stereocenters. The lowest BCUT2D eigenvalue weighted by molar-refractivity contribution is -0.123. The Morgan fingerprint density at radius 3 is 2.67 bits per heavy atom. The molecule has 2 rings (SSSR count). The van der Waals surface area contributed by atoms with Crippen molar-refractivity contribution in [1.29, 1.82) is 0 Å². The van der Waals surface area contributed by atoms with Crippen LogP contribution in [0.3, 0.4) is 0 Å². The average Bonchev–Trinajstić information content (AvgIpc) is 2.51. The van der Waals surface area contributed by atoms with E-state index in [1.165, 1.54) is 0 Å². The monoisotopic (exact) mass is 368 g/mol. The molecule has 0 spiro atoms. The van der Waals surface area contributed by atoms with Crippen molar-refractivity contribution in [2.45, 2.75) is 13.5 Å². The van der Waals surface area contributed by atoms with Gasteiger partial charge in [-0.1, -0.05) is 23.2 Å². The Morgan fingerprint density at radius 2 is 2.00 bits per heavy atom. The number of amides is 1. The molecule has 1 amide bonds. The molecule has 0 fully saturated rings. The van der Waals surface area contributed by atoms with Crippen LogP contribution >= 0.6 is 23.2 Å². The summed E-state index contributed by atoms with van der Waals surface area (Å²) in [5.74, 6) is 0.733. The molecule has 128 valence electrons. The molecule has 0 unspecified atom stereocenters. The number of aromatic nitrogens is 2. The summed E-state index contributed by atoms with van der Waals surface area (Å²) >= 11 is 11.8. The summed E-state index contributed by atoms with van der Waals surface area (Å²) in [6, 6.07) is 6.65. The third-order valence-electron chi connectivity index (χ3n) is 3.01. The van der Waals surface area contributed by atoms with Gasteiger partial charge in [0.1, 0.15) is 5.75 Å². The van der Waals surface area contributed by atoms with E-state index in [1.54, 1.807) is 18.2 Å². The Labute approximate surface area is 150 Å². The van der Waals surface area contributed by atoms with E-state index in [2.05, 4.69) is 15.3 Å². The standard InChI is InChI=1S/C16H18Cl2N4O2/c1-10-6-12(21-16(20-10)22(2)3)8-19-15(23)9-24-14-5-4-11(17)7-13(14)18/h4-7H,8-9H2,1-3H3,(H,19,23). The number of benzene rings is 1. The molecule has 1 aromatic carbocycles. The average molecular weight is 369 g/mol. The zero-order chi connectivity index (χ0) is 17.7. The van der Waals surface area contributed by atoms with E-state index in [9.17, 15) is 4.79 Å². The van der Waals surface area contributed by atoms with Gasteiger partial charge in [0.25, 0.3) is 5.91 Å². The molecule has 1 heterocycles. The van der Waals surface area contributed by atoms with Crippen molar-refractivity contribution in [2.75, 3.05) is 25.6 Å².